The standard InChI is InChI=1S/C24H46O6.C14H28O3/c1-9-13-15-19(11-3)21(25)27-29-23(5,6)17-18-24(7,8)30-28-22(26)20(12-4)16-14-10-2;1-5-6-9-12(13(15)17-16)10-7-8-11-14(2,3)4/h19-20H,9-18H2,1-8H3;12,16H,5-11H2,1-4H3. The first kappa shape index (κ1) is 47.4. The van der Waals surface area contributed by atoms with Gasteiger partial charge in [0.1, 0.15) is 11.2 Å². The molecule has 0 radical (unpaired) electrons. The summed E-state index contributed by atoms with van der Waals surface area (Å²) in [5.74, 6) is -1.45. The molecule has 0 aromatic carbocycles. The monoisotopic (exact) mass is 675 g/mol. The molecule has 0 saturated carbocycles. The molecule has 280 valence electrons. The van der Waals surface area contributed by atoms with E-state index < -0.39 is 17.2 Å². The highest BCUT2D eigenvalue weighted by molar-refractivity contribution is 5.72. The maximum Gasteiger partial charge on any atom is 0.345 e. The van der Waals surface area contributed by atoms with Gasteiger partial charge in [-0.25, -0.2) is 14.4 Å². The molecule has 0 amide bonds. The first-order valence-corrected chi connectivity index (χ1v) is 18.6. The quantitative estimate of drug-likeness (QED) is 0.0573. The number of hydrogen-bond acceptors (Lipinski definition) is 9. The first-order valence-electron chi connectivity index (χ1n) is 18.6. The maximum absolute atomic E-state index is 12.2. The van der Waals surface area contributed by atoms with Crippen LogP contribution in [0.1, 0.15) is 192 Å². The molecule has 0 aromatic rings. The van der Waals surface area contributed by atoms with Gasteiger partial charge in [-0.1, -0.05) is 107 Å². The molecule has 1 N–H and O–H groups in total. The summed E-state index contributed by atoms with van der Waals surface area (Å²) in [6.07, 6.45) is 15.4. The molecule has 47 heavy (non-hydrogen) atoms. The maximum atomic E-state index is 12.2. The van der Waals surface area contributed by atoms with Crippen molar-refractivity contribution in [3.05, 3.63) is 0 Å². The van der Waals surface area contributed by atoms with Crippen LogP contribution < -0.4 is 0 Å². The third kappa shape index (κ3) is 25.9. The van der Waals surface area contributed by atoms with Crippen molar-refractivity contribution in [2.75, 3.05) is 0 Å². The minimum Gasteiger partial charge on any atom is -0.301 e. The predicted octanol–water partition coefficient (Wildman–Crippen LogP) is 11.1. The summed E-state index contributed by atoms with van der Waals surface area (Å²) in [7, 11) is 0. The molecule has 0 saturated heterocycles. The number of hydrogen-bond donors (Lipinski definition) is 1. The zero-order valence-corrected chi connectivity index (χ0v) is 32.5. The molecule has 0 aliphatic carbocycles. The molecule has 9 nitrogen and oxygen atoms in total. The molecular weight excluding hydrogens is 600 g/mol. The van der Waals surface area contributed by atoms with Crippen molar-refractivity contribution in [1.29, 1.82) is 0 Å². The number of carbonyl (C=O) groups is 3. The Labute approximate surface area is 288 Å². The fraction of sp³-hybridized carbons (Fsp3) is 0.921. The molecule has 0 aromatic heterocycles. The van der Waals surface area contributed by atoms with Crippen LogP contribution >= 0.6 is 0 Å². The second kappa shape index (κ2) is 26.2. The summed E-state index contributed by atoms with van der Waals surface area (Å²) < 4.78 is 0. The largest absolute Gasteiger partial charge is 0.345 e. The first-order chi connectivity index (χ1) is 21.9. The van der Waals surface area contributed by atoms with Crippen LogP contribution in [0.15, 0.2) is 0 Å². The van der Waals surface area contributed by atoms with Gasteiger partial charge in [-0.15, -0.1) is 0 Å². The fourth-order valence-corrected chi connectivity index (χ4v) is 4.96. The van der Waals surface area contributed by atoms with Crippen LogP contribution in [0.5, 0.6) is 0 Å². The summed E-state index contributed by atoms with van der Waals surface area (Å²) in [5, 5.41) is 8.44. The molecule has 0 rings (SSSR count). The Hall–Kier alpha value is -1.71. The van der Waals surface area contributed by atoms with Crippen LogP contribution in [-0.4, -0.2) is 34.4 Å². The molecule has 0 spiro atoms. The average Bonchev–Trinajstić information content (AvgIpc) is 3.02. The van der Waals surface area contributed by atoms with Gasteiger partial charge in [-0.3, -0.25) is 9.78 Å². The van der Waals surface area contributed by atoms with Crippen LogP contribution in [0, 0.1) is 23.2 Å². The van der Waals surface area contributed by atoms with Crippen molar-refractivity contribution in [2.24, 2.45) is 23.2 Å². The van der Waals surface area contributed by atoms with Crippen LogP contribution in [0.3, 0.4) is 0 Å². The van der Waals surface area contributed by atoms with Gasteiger partial charge >= 0.3 is 17.9 Å². The summed E-state index contributed by atoms with van der Waals surface area (Å²) in [6.45, 7) is 24.4. The third-order valence-corrected chi connectivity index (χ3v) is 8.55. The molecule has 3 unspecified atom stereocenters. The highest BCUT2D eigenvalue weighted by Crippen LogP contribution is 2.27. The van der Waals surface area contributed by atoms with E-state index in [4.69, 9.17) is 24.8 Å². The third-order valence-electron chi connectivity index (χ3n) is 8.55. The van der Waals surface area contributed by atoms with Gasteiger partial charge in [0.2, 0.25) is 0 Å². The molecule has 9 heteroatoms. The molecule has 0 aliphatic rings. The van der Waals surface area contributed by atoms with E-state index in [0.717, 1.165) is 89.9 Å². The lowest BCUT2D eigenvalue weighted by atomic mass is 9.88. The Morgan fingerprint density at radius 3 is 1.19 bits per heavy atom. The lowest BCUT2D eigenvalue weighted by molar-refractivity contribution is -0.343. The summed E-state index contributed by atoms with van der Waals surface area (Å²) in [4.78, 5) is 60.9. The van der Waals surface area contributed by atoms with E-state index in [1.807, 2.05) is 41.5 Å². The second-order valence-corrected chi connectivity index (χ2v) is 15.5. The highest BCUT2D eigenvalue weighted by Gasteiger charge is 2.31. The predicted molar refractivity (Wildman–Crippen MR) is 188 cm³/mol. The van der Waals surface area contributed by atoms with Gasteiger partial charge in [0.15, 0.2) is 0 Å². The van der Waals surface area contributed by atoms with Gasteiger partial charge in [0, 0.05) is 0 Å². The zero-order valence-electron chi connectivity index (χ0n) is 32.5. The molecule has 3 atom stereocenters. The number of carbonyl (C=O) groups excluding carboxylic acids is 3. The van der Waals surface area contributed by atoms with Crippen LogP contribution in [0.25, 0.3) is 0 Å². The topological polar surface area (TPSA) is 118 Å². The van der Waals surface area contributed by atoms with E-state index in [1.165, 1.54) is 6.42 Å². The molecule has 0 fully saturated rings. The van der Waals surface area contributed by atoms with E-state index in [-0.39, 0.29) is 29.7 Å². The Morgan fingerprint density at radius 1 is 0.511 bits per heavy atom. The number of unbranched alkanes of at least 4 members (excludes halogenated alkanes) is 4. The van der Waals surface area contributed by atoms with Gasteiger partial charge in [-0.2, -0.15) is 15.0 Å². The average molecular weight is 675 g/mol. The minimum atomic E-state index is -0.670. The van der Waals surface area contributed by atoms with Crippen molar-refractivity contribution in [2.45, 2.75) is 203 Å². The fourth-order valence-electron chi connectivity index (χ4n) is 4.96. The Morgan fingerprint density at radius 2 is 0.872 bits per heavy atom. The Kier molecular flexibility index (Phi) is 26.4. The van der Waals surface area contributed by atoms with E-state index in [2.05, 4.69) is 46.4 Å². The van der Waals surface area contributed by atoms with E-state index in [9.17, 15) is 14.4 Å². The summed E-state index contributed by atoms with van der Waals surface area (Å²) in [6, 6.07) is 0. The van der Waals surface area contributed by atoms with Crippen LogP contribution in [-0.2, 0) is 38.8 Å². The van der Waals surface area contributed by atoms with Crippen molar-refractivity contribution in [3.8, 4) is 0 Å². The lowest BCUT2D eigenvalue weighted by Crippen LogP contribution is -2.34. The highest BCUT2D eigenvalue weighted by atomic mass is 17.2. The minimum absolute atomic E-state index is 0.125. The van der Waals surface area contributed by atoms with Gasteiger partial charge in [0.05, 0.1) is 17.8 Å². The SMILES string of the molecule is CCCCC(CC)C(=O)OOC(C)(C)CCC(C)(C)OOC(=O)C(CC)CCCC.CCCCC(CCCCC(C)(C)C)C(=O)OO. The smallest absolute Gasteiger partial charge is 0.301 e. The second-order valence-electron chi connectivity index (χ2n) is 15.5. The van der Waals surface area contributed by atoms with Crippen molar-refractivity contribution in [1.82, 2.24) is 0 Å². The van der Waals surface area contributed by atoms with E-state index in [0.29, 0.717) is 18.3 Å². The molecular formula is C38H74O9. The van der Waals surface area contributed by atoms with E-state index >= 15 is 0 Å². The van der Waals surface area contributed by atoms with Crippen LogP contribution in [0.4, 0.5) is 0 Å². The molecule has 0 aliphatic heterocycles. The normalized spacial score (nSPS) is 14.0. The molecule has 0 bridgehead atoms. The molecule has 0 heterocycles. The summed E-state index contributed by atoms with van der Waals surface area (Å²) in [5.41, 5.74) is -0.983. The number of rotatable bonds is 25. The van der Waals surface area contributed by atoms with Gasteiger partial charge in [0.25, 0.3) is 0 Å². The van der Waals surface area contributed by atoms with Crippen molar-refractivity contribution >= 4 is 17.9 Å². The Bertz CT molecular complexity index is 772. The van der Waals surface area contributed by atoms with Crippen molar-refractivity contribution in [3.63, 3.8) is 0 Å². The van der Waals surface area contributed by atoms with Gasteiger partial charge in [-0.05, 0) is 90.9 Å². The lowest BCUT2D eigenvalue weighted by Gasteiger charge is -2.29. The van der Waals surface area contributed by atoms with Crippen LogP contribution in [0.2, 0.25) is 0 Å². The zero-order chi connectivity index (χ0) is 36.5. The summed E-state index contributed by atoms with van der Waals surface area (Å²) >= 11 is 0. The van der Waals surface area contributed by atoms with Crippen molar-refractivity contribution < 1.29 is 44.1 Å². The van der Waals surface area contributed by atoms with E-state index in [1.54, 1.807) is 0 Å². The Balaban J connectivity index is 0. The van der Waals surface area contributed by atoms with Gasteiger partial charge < -0.3 is 4.89 Å².